The molecule has 3 aromatic carbocycles. The first kappa shape index (κ1) is 28.2. The molecule has 6 heteroatoms. The van der Waals surface area contributed by atoms with E-state index in [-0.39, 0.29) is 5.91 Å². The van der Waals surface area contributed by atoms with Crippen molar-refractivity contribution >= 4 is 29.3 Å². The number of benzene rings is 3. The van der Waals surface area contributed by atoms with Crippen molar-refractivity contribution in [3.05, 3.63) is 120 Å². The maximum absolute atomic E-state index is 13.5. The van der Waals surface area contributed by atoms with E-state index >= 15 is 0 Å². The number of aromatic nitrogens is 1. The first-order chi connectivity index (χ1) is 20.5. The Morgan fingerprint density at radius 1 is 0.907 bits per heavy atom. The minimum Gasteiger partial charge on any atom is -0.456 e. The fraction of sp³-hybridized carbons (Fsp3) is 0.216. The molecule has 1 aliphatic carbocycles. The summed E-state index contributed by atoms with van der Waals surface area (Å²) < 4.78 is 12.0. The van der Waals surface area contributed by atoms with Gasteiger partial charge >= 0.3 is 5.97 Å². The largest absolute Gasteiger partial charge is 0.456 e. The van der Waals surface area contributed by atoms with E-state index in [9.17, 15) is 9.59 Å². The van der Waals surface area contributed by atoms with E-state index in [0.29, 0.717) is 17.1 Å². The van der Waals surface area contributed by atoms with Gasteiger partial charge in [-0.05, 0) is 93.3 Å². The predicted octanol–water partition coefficient (Wildman–Crippen LogP) is 8.48. The number of pyridine rings is 1. The van der Waals surface area contributed by atoms with Gasteiger partial charge in [-0.3, -0.25) is 14.7 Å². The van der Waals surface area contributed by atoms with Crippen molar-refractivity contribution < 1.29 is 19.1 Å². The van der Waals surface area contributed by atoms with E-state index in [0.717, 1.165) is 45.8 Å². The van der Waals surface area contributed by atoms with Crippen LogP contribution in [0, 0.1) is 5.41 Å². The molecule has 4 aromatic rings. The van der Waals surface area contributed by atoms with Gasteiger partial charge in [0.15, 0.2) is 0 Å². The topological polar surface area (TPSA) is 68.7 Å². The molecule has 0 unspecified atom stereocenters. The van der Waals surface area contributed by atoms with Crippen LogP contribution >= 0.6 is 0 Å². The Morgan fingerprint density at radius 2 is 1.63 bits per heavy atom. The van der Waals surface area contributed by atoms with E-state index in [1.165, 1.54) is 0 Å². The van der Waals surface area contributed by atoms with Gasteiger partial charge in [-0.15, -0.1) is 0 Å². The average molecular weight is 571 g/mol. The highest BCUT2D eigenvalue weighted by atomic mass is 16.6. The van der Waals surface area contributed by atoms with Crippen LogP contribution in [0.15, 0.2) is 97.2 Å². The number of allylic oxidation sites excluding steroid dienone is 1. The Bertz CT molecular complexity index is 1780. The summed E-state index contributed by atoms with van der Waals surface area (Å²) >= 11 is 0. The van der Waals surface area contributed by atoms with Gasteiger partial charge in [0.1, 0.15) is 22.7 Å². The lowest BCUT2D eigenvalue weighted by atomic mass is 9.94. The van der Waals surface area contributed by atoms with Gasteiger partial charge in [-0.1, -0.05) is 60.7 Å². The summed E-state index contributed by atoms with van der Waals surface area (Å²) in [6.07, 6.45) is 8.59. The summed E-state index contributed by atoms with van der Waals surface area (Å²) in [6.45, 7) is 9.38. The molecule has 0 spiro atoms. The zero-order valence-electron chi connectivity index (χ0n) is 25.0. The molecule has 0 saturated carbocycles. The van der Waals surface area contributed by atoms with Gasteiger partial charge in [0.25, 0.3) is 0 Å². The zero-order valence-corrected chi connectivity index (χ0v) is 25.0. The van der Waals surface area contributed by atoms with Gasteiger partial charge in [0.2, 0.25) is 5.91 Å². The maximum Gasteiger partial charge on any atom is 0.342 e. The number of fused-ring (bicyclic) bond motifs is 1. The predicted molar refractivity (Wildman–Crippen MR) is 170 cm³/mol. The summed E-state index contributed by atoms with van der Waals surface area (Å²) in [5, 5.41) is 0. The normalized spacial score (nSPS) is 15.3. The van der Waals surface area contributed by atoms with Crippen LogP contribution in [0.25, 0.3) is 22.9 Å². The molecule has 0 bridgehead atoms. The van der Waals surface area contributed by atoms with Crippen molar-refractivity contribution in [1.29, 1.82) is 0 Å². The Morgan fingerprint density at radius 3 is 2.35 bits per heavy atom. The SMILES string of the molecule is CC(C)(C)OC(=O)c1ccc(-c2ccc(N3C(=O)C(C)(C)C=C3c3ccccc3)cc2)cc1Oc1cnc2c(c1)C=CC2. The van der Waals surface area contributed by atoms with Crippen molar-refractivity contribution in [3.63, 3.8) is 0 Å². The fourth-order valence-electron chi connectivity index (χ4n) is 5.32. The lowest BCUT2D eigenvalue weighted by molar-refractivity contribution is -0.122. The number of esters is 1. The smallest absolute Gasteiger partial charge is 0.342 e. The summed E-state index contributed by atoms with van der Waals surface area (Å²) in [7, 11) is 0. The Kier molecular flexibility index (Phi) is 7.01. The van der Waals surface area contributed by atoms with Gasteiger partial charge in [-0.2, -0.15) is 0 Å². The van der Waals surface area contributed by atoms with E-state index in [1.807, 2.05) is 120 Å². The van der Waals surface area contributed by atoms with Crippen molar-refractivity contribution in [1.82, 2.24) is 4.98 Å². The second-order valence-corrected chi connectivity index (χ2v) is 12.4. The Hall–Kier alpha value is -4.97. The number of hydrogen-bond donors (Lipinski definition) is 0. The monoisotopic (exact) mass is 570 g/mol. The highest BCUT2D eigenvalue weighted by molar-refractivity contribution is 6.14. The van der Waals surface area contributed by atoms with Crippen molar-refractivity contribution in [2.45, 2.75) is 46.6 Å². The number of nitrogens with zero attached hydrogens (tertiary/aromatic N) is 2. The molecule has 0 fully saturated rings. The number of ether oxygens (including phenoxy) is 2. The second-order valence-electron chi connectivity index (χ2n) is 12.4. The van der Waals surface area contributed by atoms with Crippen molar-refractivity contribution in [2.24, 2.45) is 5.41 Å². The molecular weight excluding hydrogens is 536 g/mol. The molecule has 216 valence electrons. The molecule has 2 heterocycles. The standard InChI is InChI=1S/C37H34N2O4/c1-36(2,3)43-34(40)30-19-16-26(21-33(30)42-29-20-27-12-9-13-31(27)38-23-29)24-14-17-28(18-15-24)39-32(22-37(4,5)35(39)41)25-10-7-6-8-11-25/h6-12,14-23H,13H2,1-5H3. The number of carbonyl (C=O) groups excluding carboxylic acids is 2. The molecule has 0 radical (unpaired) electrons. The van der Waals surface area contributed by atoms with Crippen LogP contribution in [0.3, 0.4) is 0 Å². The summed E-state index contributed by atoms with van der Waals surface area (Å²) in [6, 6.07) is 25.2. The summed E-state index contributed by atoms with van der Waals surface area (Å²) in [5.74, 6) is 0.478. The first-order valence-corrected chi connectivity index (χ1v) is 14.4. The molecule has 0 saturated heterocycles. The van der Waals surface area contributed by atoms with E-state index in [1.54, 1.807) is 17.2 Å². The lowest BCUT2D eigenvalue weighted by Crippen LogP contribution is -2.32. The van der Waals surface area contributed by atoms with Crippen molar-refractivity contribution in [2.75, 3.05) is 4.90 Å². The molecule has 1 amide bonds. The third-order valence-corrected chi connectivity index (χ3v) is 7.44. The minimum atomic E-state index is -0.655. The average Bonchev–Trinajstić information content (AvgIpc) is 3.53. The lowest BCUT2D eigenvalue weighted by Gasteiger charge is -2.24. The third kappa shape index (κ3) is 5.73. The zero-order chi connectivity index (χ0) is 30.4. The number of rotatable bonds is 6. The van der Waals surface area contributed by atoms with E-state index in [2.05, 4.69) is 11.1 Å². The van der Waals surface area contributed by atoms with Crippen LogP contribution in [0.1, 0.15) is 61.8 Å². The van der Waals surface area contributed by atoms with E-state index in [4.69, 9.17) is 9.47 Å². The Balaban J connectivity index is 1.34. The minimum absolute atomic E-state index is 0.0225. The van der Waals surface area contributed by atoms with Crippen LogP contribution in [0.4, 0.5) is 5.69 Å². The van der Waals surface area contributed by atoms with Crippen LogP contribution in [-0.2, 0) is 16.0 Å². The highest BCUT2D eigenvalue weighted by Gasteiger charge is 2.40. The quantitative estimate of drug-likeness (QED) is 0.218. The Labute approximate surface area is 252 Å². The number of hydrogen-bond acceptors (Lipinski definition) is 5. The molecule has 1 aliphatic heterocycles. The molecule has 2 aliphatic rings. The van der Waals surface area contributed by atoms with Gasteiger partial charge < -0.3 is 9.47 Å². The van der Waals surface area contributed by atoms with Crippen molar-refractivity contribution in [3.8, 4) is 22.6 Å². The molecular formula is C37H34N2O4. The number of anilines is 1. The molecule has 0 atom stereocenters. The number of amides is 1. The summed E-state index contributed by atoms with van der Waals surface area (Å²) in [5.41, 5.74) is 5.48. The van der Waals surface area contributed by atoms with Crippen LogP contribution < -0.4 is 9.64 Å². The third-order valence-electron chi connectivity index (χ3n) is 7.44. The molecule has 6 nitrogen and oxygen atoms in total. The molecule has 6 rings (SSSR count). The van der Waals surface area contributed by atoms with Gasteiger partial charge in [0.05, 0.1) is 23.0 Å². The van der Waals surface area contributed by atoms with Crippen LogP contribution in [0.5, 0.6) is 11.5 Å². The molecule has 43 heavy (non-hydrogen) atoms. The van der Waals surface area contributed by atoms with Gasteiger partial charge in [0, 0.05) is 12.1 Å². The van der Waals surface area contributed by atoms with Crippen LogP contribution in [-0.4, -0.2) is 22.5 Å². The van der Waals surface area contributed by atoms with E-state index < -0.39 is 17.0 Å². The summed E-state index contributed by atoms with van der Waals surface area (Å²) in [4.78, 5) is 32.9. The molecule has 0 N–H and O–H groups in total. The second kappa shape index (κ2) is 10.7. The fourth-order valence-corrected chi connectivity index (χ4v) is 5.32. The number of carbonyl (C=O) groups is 2. The van der Waals surface area contributed by atoms with Crippen LogP contribution in [0.2, 0.25) is 0 Å². The maximum atomic E-state index is 13.5. The highest BCUT2D eigenvalue weighted by Crippen LogP contribution is 2.41. The first-order valence-electron chi connectivity index (χ1n) is 14.4. The van der Waals surface area contributed by atoms with Gasteiger partial charge in [-0.25, -0.2) is 4.79 Å². The molecule has 1 aromatic heterocycles.